The molecular weight excluding hydrogens is 259 g/mol. The van der Waals surface area contributed by atoms with E-state index in [0.29, 0.717) is 23.3 Å². The van der Waals surface area contributed by atoms with Crippen LogP contribution in [0.15, 0.2) is 18.2 Å². The standard InChI is InChI=1S/C13H18Cl2O2/c1-13(2,16-3)6-7-17-12-5-4-10(9-14)8-11(12)15/h4-5,8H,6-7,9H2,1-3H3. The molecule has 0 radical (unpaired) electrons. The lowest BCUT2D eigenvalue weighted by atomic mass is 10.1. The summed E-state index contributed by atoms with van der Waals surface area (Å²) in [4.78, 5) is 0. The van der Waals surface area contributed by atoms with Crippen LogP contribution >= 0.6 is 23.2 Å². The number of ether oxygens (including phenoxy) is 2. The van der Waals surface area contributed by atoms with Gasteiger partial charge in [-0.05, 0) is 31.5 Å². The van der Waals surface area contributed by atoms with E-state index < -0.39 is 0 Å². The van der Waals surface area contributed by atoms with E-state index in [1.807, 2.05) is 32.0 Å². The Morgan fingerprint density at radius 3 is 2.53 bits per heavy atom. The molecule has 0 saturated carbocycles. The minimum atomic E-state index is -0.178. The number of rotatable bonds is 6. The van der Waals surface area contributed by atoms with Crippen LogP contribution in [-0.4, -0.2) is 19.3 Å². The van der Waals surface area contributed by atoms with Gasteiger partial charge in [-0.3, -0.25) is 0 Å². The van der Waals surface area contributed by atoms with E-state index in [0.717, 1.165) is 12.0 Å². The molecule has 0 aliphatic heterocycles. The number of hydrogen-bond acceptors (Lipinski definition) is 2. The van der Waals surface area contributed by atoms with Gasteiger partial charge in [-0.25, -0.2) is 0 Å². The van der Waals surface area contributed by atoms with Crippen molar-refractivity contribution in [2.75, 3.05) is 13.7 Å². The second-order valence-electron chi connectivity index (χ2n) is 4.46. The van der Waals surface area contributed by atoms with Crippen LogP contribution in [0, 0.1) is 0 Å². The summed E-state index contributed by atoms with van der Waals surface area (Å²) in [5.74, 6) is 1.14. The summed E-state index contributed by atoms with van der Waals surface area (Å²) in [6.45, 7) is 4.61. The molecule has 0 heterocycles. The predicted octanol–water partition coefficient (Wildman–Crippen LogP) is 4.27. The lowest BCUT2D eigenvalue weighted by molar-refractivity contribution is 0.00546. The normalized spacial score (nSPS) is 11.6. The van der Waals surface area contributed by atoms with Crippen molar-refractivity contribution in [3.8, 4) is 5.75 Å². The van der Waals surface area contributed by atoms with Gasteiger partial charge in [0.1, 0.15) is 5.75 Å². The lowest BCUT2D eigenvalue weighted by Gasteiger charge is -2.22. The van der Waals surface area contributed by atoms with Gasteiger partial charge in [0.25, 0.3) is 0 Å². The molecule has 0 aliphatic carbocycles. The first-order valence-corrected chi connectivity index (χ1v) is 6.42. The monoisotopic (exact) mass is 276 g/mol. The SMILES string of the molecule is COC(C)(C)CCOc1ccc(CCl)cc1Cl. The second-order valence-corrected chi connectivity index (χ2v) is 5.14. The van der Waals surface area contributed by atoms with Crippen molar-refractivity contribution in [3.63, 3.8) is 0 Å². The predicted molar refractivity (Wildman–Crippen MR) is 72.2 cm³/mol. The zero-order chi connectivity index (χ0) is 12.9. The molecule has 0 aliphatic rings. The molecule has 4 heteroatoms. The average molecular weight is 277 g/mol. The Kier molecular flexibility index (Phi) is 5.57. The fourth-order valence-corrected chi connectivity index (χ4v) is 1.68. The zero-order valence-corrected chi connectivity index (χ0v) is 11.9. The third-order valence-corrected chi connectivity index (χ3v) is 3.27. The van der Waals surface area contributed by atoms with Gasteiger partial charge in [0.05, 0.1) is 17.2 Å². The van der Waals surface area contributed by atoms with Crippen molar-refractivity contribution in [2.24, 2.45) is 0 Å². The molecule has 0 bridgehead atoms. The molecule has 2 nitrogen and oxygen atoms in total. The molecule has 1 rings (SSSR count). The summed E-state index contributed by atoms with van der Waals surface area (Å²) < 4.78 is 10.9. The Hall–Kier alpha value is -0.440. The number of alkyl halides is 1. The maximum Gasteiger partial charge on any atom is 0.137 e. The molecule has 1 aromatic rings. The Bertz CT molecular complexity index is 364. The summed E-state index contributed by atoms with van der Waals surface area (Å²) in [5.41, 5.74) is 0.809. The van der Waals surface area contributed by atoms with Gasteiger partial charge < -0.3 is 9.47 Å². The maximum absolute atomic E-state index is 6.08. The van der Waals surface area contributed by atoms with Crippen molar-refractivity contribution < 1.29 is 9.47 Å². The highest BCUT2D eigenvalue weighted by Crippen LogP contribution is 2.26. The number of methoxy groups -OCH3 is 1. The topological polar surface area (TPSA) is 18.5 Å². The summed E-state index contributed by atoms with van der Waals surface area (Å²) in [5, 5.41) is 0.596. The molecule has 0 atom stereocenters. The first-order valence-electron chi connectivity index (χ1n) is 5.51. The van der Waals surface area contributed by atoms with Crippen LogP contribution in [0.1, 0.15) is 25.8 Å². The van der Waals surface area contributed by atoms with Crippen LogP contribution in [0.2, 0.25) is 5.02 Å². The molecule has 1 aromatic carbocycles. The second kappa shape index (κ2) is 6.48. The van der Waals surface area contributed by atoms with E-state index in [4.69, 9.17) is 32.7 Å². The fourth-order valence-electron chi connectivity index (χ4n) is 1.25. The summed E-state index contributed by atoms with van der Waals surface area (Å²) in [7, 11) is 1.70. The van der Waals surface area contributed by atoms with Crippen LogP contribution in [0.25, 0.3) is 0 Å². The molecule has 0 amide bonds. The average Bonchev–Trinajstić information content (AvgIpc) is 2.31. The van der Waals surface area contributed by atoms with Crippen molar-refractivity contribution >= 4 is 23.2 Å². The van der Waals surface area contributed by atoms with E-state index in [9.17, 15) is 0 Å². The first kappa shape index (κ1) is 14.6. The van der Waals surface area contributed by atoms with Crippen molar-refractivity contribution in [2.45, 2.75) is 31.7 Å². The minimum absolute atomic E-state index is 0.178. The molecule has 0 unspecified atom stereocenters. The van der Waals surface area contributed by atoms with Crippen LogP contribution < -0.4 is 4.74 Å². The number of hydrogen-bond donors (Lipinski definition) is 0. The molecule has 0 fully saturated rings. The van der Waals surface area contributed by atoms with Gasteiger partial charge in [-0.1, -0.05) is 17.7 Å². The van der Waals surface area contributed by atoms with E-state index in [1.165, 1.54) is 0 Å². The number of benzene rings is 1. The summed E-state index contributed by atoms with van der Waals surface area (Å²) in [6, 6.07) is 5.58. The summed E-state index contributed by atoms with van der Waals surface area (Å²) >= 11 is 11.8. The number of halogens is 2. The Balaban J connectivity index is 2.52. The molecule has 0 saturated heterocycles. The Morgan fingerprint density at radius 2 is 2.00 bits per heavy atom. The van der Waals surface area contributed by atoms with E-state index in [2.05, 4.69) is 0 Å². The highest BCUT2D eigenvalue weighted by molar-refractivity contribution is 6.32. The van der Waals surface area contributed by atoms with E-state index in [-0.39, 0.29) is 5.60 Å². The molecule has 0 N–H and O–H groups in total. The molecule has 0 spiro atoms. The lowest BCUT2D eigenvalue weighted by Crippen LogP contribution is -2.25. The van der Waals surface area contributed by atoms with E-state index in [1.54, 1.807) is 7.11 Å². The Labute approximate surface area is 113 Å². The van der Waals surface area contributed by atoms with Crippen LogP contribution in [0.4, 0.5) is 0 Å². The third-order valence-electron chi connectivity index (χ3n) is 2.66. The van der Waals surface area contributed by atoms with Crippen LogP contribution in [-0.2, 0) is 10.6 Å². The van der Waals surface area contributed by atoms with Crippen molar-refractivity contribution in [1.82, 2.24) is 0 Å². The van der Waals surface area contributed by atoms with E-state index >= 15 is 0 Å². The Morgan fingerprint density at radius 1 is 1.29 bits per heavy atom. The van der Waals surface area contributed by atoms with Crippen LogP contribution in [0.5, 0.6) is 5.75 Å². The third kappa shape index (κ3) is 4.74. The highest BCUT2D eigenvalue weighted by Gasteiger charge is 2.16. The van der Waals surface area contributed by atoms with Gasteiger partial charge in [-0.2, -0.15) is 0 Å². The highest BCUT2D eigenvalue weighted by atomic mass is 35.5. The van der Waals surface area contributed by atoms with Gasteiger partial charge in [0, 0.05) is 19.4 Å². The maximum atomic E-state index is 6.08. The van der Waals surface area contributed by atoms with Gasteiger partial charge in [0.15, 0.2) is 0 Å². The van der Waals surface area contributed by atoms with Crippen molar-refractivity contribution in [1.29, 1.82) is 0 Å². The fraction of sp³-hybridized carbons (Fsp3) is 0.538. The van der Waals surface area contributed by atoms with Crippen molar-refractivity contribution in [3.05, 3.63) is 28.8 Å². The molecular formula is C13H18Cl2O2. The minimum Gasteiger partial charge on any atom is -0.492 e. The molecule has 17 heavy (non-hydrogen) atoms. The van der Waals surface area contributed by atoms with Gasteiger partial charge >= 0.3 is 0 Å². The smallest absolute Gasteiger partial charge is 0.137 e. The summed E-state index contributed by atoms with van der Waals surface area (Å²) in [6.07, 6.45) is 0.803. The molecule has 0 aromatic heterocycles. The largest absolute Gasteiger partial charge is 0.492 e. The first-order chi connectivity index (χ1) is 7.98. The molecule has 96 valence electrons. The van der Waals surface area contributed by atoms with Crippen LogP contribution in [0.3, 0.4) is 0 Å². The van der Waals surface area contributed by atoms with Gasteiger partial charge in [0.2, 0.25) is 0 Å². The quantitative estimate of drug-likeness (QED) is 0.723. The zero-order valence-electron chi connectivity index (χ0n) is 10.4. The van der Waals surface area contributed by atoms with Gasteiger partial charge in [-0.15, -0.1) is 11.6 Å².